The second kappa shape index (κ2) is 9.35. The molecule has 0 fully saturated rings. The quantitative estimate of drug-likeness (QED) is 0.383. The van der Waals surface area contributed by atoms with E-state index in [0.29, 0.717) is 23.8 Å². The van der Waals surface area contributed by atoms with Gasteiger partial charge in [-0.15, -0.1) is 28.1 Å². The minimum Gasteiger partial charge on any atom is -0.325 e. The summed E-state index contributed by atoms with van der Waals surface area (Å²) < 4.78 is 24.5. The first-order chi connectivity index (χ1) is 13.9. The third kappa shape index (κ3) is 5.76. The standard InChI is InChI=1S/C18H19N5O3S3/c1-2-9-23-16(11-14-4-3-10-27-14)21-22-18(23)28-12-17(24)20-13-5-7-15(8-6-13)29(19,25)26/h2-8,10H,1,9,11-12H2,(H,20,24)(H2,19,25,26). The number of sulfonamides is 1. The predicted molar refractivity (Wildman–Crippen MR) is 115 cm³/mol. The third-order valence-electron chi connectivity index (χ3n) is 3.82. The number of amides is 1. The van der Waals surface area contributed by atoms with Gasteiger partial charge >= 0.3 is 0 Å². The summed E-state index contributed by atoms with van der Waals surface area (Å²) in [4.78, 5) is 13.4. The van der Waals surface area contributed by atoms with Gasteiger partial charge in [0.1, 0.15) is 5.82 Å². The number of rotatable bonds is 9. The Labute approximate surface area is 176 Å². The van der Waals surface area contributed by atoms with E-state index in [2.05, 4.69) is 22.1 Å². The SMILES string of the molecule is C=CCn1c(Cc2cccs2)nnc1SCC(=O)Nc1ccc(S(N)(=O)=O)cc1. The summed E-state index contributed by atoms with van der Waals surface area (Å²) in [6.07, 6.45) is 2.43. The molecular weight excluding hydrogens is 430 g/mol. The van der Waals surface area contributed by atoms with Crippen molar-refractivity contribution >= 4 is 44.7 Å². The monoisotopic (exact) mass is 449 g/mol. The molecule has 152 valence electrons. The van der Waals surface area contributed by atoms with Gasteiger partial charge in [-0.25, -0.2) is 13.6 Å². The first kappa shape index (κ1) is 21.2. The summed E-state index contributed by atoms with van der Waals surface area (Å²) >= 11 is 2.92. The van der Waals surface area contributed by atoms with E-state index in [4.69, 9.17) is 5.14 Å². The van der Waals surface area contributed by atoms with Crippen molar-refractivity contribution in [1.82, 2.24) is 14.8 Å². The first-order valence-electron chi connectivity index (χ1n) is 8.47. The van der Waals surface area contributed by atoms with Crippen LogP contribution in [0.2, 0.25) is 0 Å². The molecule has 1 aromatic carbocycles. The van der Waals surface area contributed by atoms with Gasteiger partial charge in [-0.3, -0.25) is 4.79 Å². The van der Waals surface area contributed by atoms with Crippen LogP contribution in [0.25, 0.3) is 0 Å². The van der Waals surface area contributed by atoms with E-state index in [1.165, 1.54) is 40.9 Å². The Kier molecular flexibility index (Phi) is 6.85. The number of carbonyl (C=O) groups is 1. The number of thiophene rings is 1. The van der Waals surface area contributed by atoms with E-state index in [1.54, 1.807) is 17.4 Å². The van der Waals surface area contributed by atoms with Gasteiger partial charge in [0.05, 0.1) is 10.6 Å². The van der Waals surface area contributed by atoms with Crippen molar-refractivity contribution in [1.29, 1.82) is 0 Å². The highest BCUT2D eigenvalue weighted by Crippen LogP contribution is 2.21. The molecule has 0 spiro atoms. The van der Waals surface area contributed by atoms with E-state index >= 15 is 0 Å². The molecule has 0 aliphatic carbocycles. The second-order valence-electron chi connectivity index (χ2n) is 5.96. The summed E-state index contributed by atoms with van der Waals surface area (Å²) in [5.74, 6) is 0.700. The van der Waals surface area contributed by atoms with Crippen LogP contribution >= 0.6 is 23.1 Å². The smallest absolute Gasteiger partial charge is 0.238 e. The number of allylic oxidation sites excluding steroid dienone is 1. The van der Waals surface area contributed by atoms with E-state index < -0.39 is 10.0 Å². The van der Waals surface area contributed by atoms with Crippen LogP contribution in [0.5, 0.6) is 0 Å². The molecule has 11 heteroatoms. The third-order valence-corrected chi connectivity index (χ3v) is 6.59. The van der Waals surface area contributed by atoms with Crippen molar-refractivity contribution in [3.8, 4) is 0 Å². The van der Waals surface area contributed by atoms with Crippen LogP contribution in [0, 0.1) is 0 Å². The second-order valence-corrected chi connectivity index (χ2v) is 9.50. The molecule has 2 aromatic heterocycles. The number of aromatic nitrogens is 3. The highest BCUT2D eigenvalue weighted by Gasteiger charge is 2.15. The fraction of sp³-hybridized carbons (Fsp3) is 0.167. The number of nitrogens with one attached hydrogen (secondary N) is 1. The molecule has 0 saturated carbocycles. The van der Waals surface area contributed by atoms with Crippen LogP contribution in [0.3, 0.4) is 0 Å². The van der Waals surface area contributed by atoms with Crippen LogP contribution < -0.4 is 10.5 Å². The predicted octanol–water partition coefficient (Wildman–Crippen LogP) is 2.49. The van der Waals surface area contributed by atoms with E-state index in [-0.39, 0.29) is 16.6 Å². The fourth-order valence-electron chi connectivity index (χ4n) is 2.49. The summed E-state index contributed by atoms with van der Waals surface area (Å²) in [5.41, 5.74) is 0.481. The highest BCUT2D eigenvalue weighted by atomic mass is 32.2. The minimum atomic E-state index is -3.76. The Hall–Kier alpha value is -2.47. The molecule has 0 aliphatic rings. The van der Waals surface area contributed by atoms with E-state index in [1.807, 2.05) is 22.1 Å². The average molecular weight is 450 g/mol. The lowest BCUT2D eigenvalue weighted by Crippen LogP contribution is -2.15. The van der Waals surface area contributed by atoms with Crippen LogP contribution in [-0.4, -0.2) is 34.8 Å². The molecule has 0 unspecified atom stereocenters. The van der Waals surface area contributed by atoms with Crippen molar-refractivity contribution in [2.45, 2.75) is 23.0 Å². The normalized spacial score (nSPS) is 11.3. The molecule has 8 nitrogen and oxygen atoms in total. The van der Waals surface area contributed by atoms with Gasteiger partial charge in [-0.05, 0) is 35.7 Å². The molecule has 0 bridgehead atoms. The van der Waals surface area contributed by atoms with Crippen molar-refractivity contribution in [3.63, 3.8) is 0 Å². The summed E-state index contributed by atoms with van der Waals surface area (Å²) in [6.45, 7) is 4.32. The molecule has 3 N–H and O–H groups in total. The molecule has 29 heavy (non-hydrogen) atoms. The summed E-state index contributed by atoms with van der Waals surface area (Å²) in [7, 11) is -3.76. The maximum absolute atomic E-state index is 12.2. The van der Waals surface area contributed by atoms with Gasteiger partial charge in [-0.1, -0.05) is 23.9 Å². The largest absolute Gasteiger partial charge is 0.325 e. The summed E-state index contributed by atoms with van der Waals surface area (Å²) in [6, 6.07) is 9.69. The number of anilines is 1. The maximum Gasteiger partial charge on any atom is 0.238 e. The Bertz CT molecular complexity index is 1090. The van der Waals surface area contributed by atoms with Crippen molar-refractivity contribution in [2.75, 3.05) is 11.1 Å². The van der Waals surface area contributed by atoms with Crippen molar-refractivity contribution in [2.24, 2.45) is 5.14 Å². The Morgan fingerprint density at radius 2 is 2.03 bits per heavy atom. The molecule has 0 radical (unpaired) electrons. The number of hydrogen-bond donors (Lipinski definition) is 2. The van der Waals surface area contributed by atoms with Crippen LogP contribution in [0.4, 0.5) is 5.69 Å². The van der Waals surface area contributed by atoms with Crippen LogP contribution in [0.1, 0.15) is 10.7 Å². The Morgan fingerprint density at radius 1 is 1.28 bits per heavy atom. The van der Waals surface area contributed by atoms with Gasteiger partial charge in [0.25, 0.3) is 0 Å². The molecule has 0 aliphatic heterocycles. The zero-order valence-corrected chi connectivity index (χ0v) is 17.8. The first-order valence-corrected chi connectivity index (χ1v) is 11.9. The molecule has 0 saturated heterocycles. The Balaban J connectivity index is 1.62. The van der Waals surface area contributed by atoms with E-state index in [9.17, 15) is 13.2 Å². The topological polar surface area (TPSA) is 120 Å². The number of nitrogens with two attached hydrogens (primary N) is 1. The number of benzene rings is 1. The van der Waals surface area contributed by atoms with Gasteiger partial charge in [0.15, 0.2) is 5.16 Å². The van der Waals surface area contributed by atoms with E-state index in [0.717, 1.165) is 5.82 Å². The summed E-state index contributed by atoms with van der Waals surface area (Å²) in [5, 5.41) is 18.9. The number of primary sulfonamides is 1. The average Bonchev–Trinajstić information content (AvgIpc) is 3.31. The van der Waals surface area contributed by atoms with Gasteiger partial charge < -0.3 is 9.88 Å². The molecular formula is C18H19N5O3S3. The lowest BCUT2D eigenvalue weighted by atomic mass is 10.3. The van der Waals surface area contributed by atoms with Crippen LogP contribution in [0.15, 0.2) is 64.5 Å². The minimum absolute atomic E-state index is 0.0133. The lowest BCUT2D eigenvalue weighted by Gasteiger charge is -2.08. The Morgan fingerprint density at radius 3 is 2.66 bits per heavy atom. The number of hydrogen-bond acceptors (Lipinski definition) is 7. The number of nitrogens with zero attached hydrogens (tertiary/aromatic N) is 3. The van der Waals surface area contributed by atoms with Crippen molar-refractivity contribution in [3.05, 3.63) is 65.1 Å². The van der Waals surface area contributed by atoms with Gasteiger partial charge in [0, 0.05) is 23.5 Å². The number of carbonyl (C=O) groups excluding carboxylic acids is 1. The molecule has 2 heterocycles. The maximum atomic E-state index is 12.2. The van der Waals surface area contributed by atoms with Crippen LogP contribution in [-0.2, 0) is 27.8 Å². The number of thioether (sulfide) groups is 1. The molecule has 0 atom stereocenters. The van der Waals surface area contributed by atoms with Gasteiger partial charge in [0.2, 0.25) is 15.9 Å². The lowest BCUT2D eigenvalue weighted by molar-refractivity contribution is -0.113. The zero-order valence-electron chi connectivity index (χ0n) is 15.3. The zero-order chi connectivity index (χ0) is 20.9. The fourth-order valence-corrected chi connectivity index (χ4v) is 4.48. The van der Waals surface area contributed by atoms with Gasteiger partial charge in [-0.2, -0.15) is 0 Å². The highest BCUT2D eigenvalue weighted by molar-refractivity contribution is 7.99. The van der Waals surface area contributed by atoms with Crippen molar-refractivity contribution < 1.29 is 13.2 Å². The molecule has 1 amide bonds. The molecule has 3 rings (SSSR count). The molecule has 3 aromatic rings.